The van der Waals surface area contributed by atoms with Crippen LogP contribution in [-0.4, -0.2) is 46.5 Å². The summed E-state index contributed by atoms with van der Waals surface area (Å²) in [6.07, 6.45) is 17.5. The largest absolute Gasteiger partial charge is 0.383 e. The maximum atomic E-state index is 12.5. The van der Waals surface area contributed by atoms with Gasteiger partial charge in [-0.25, -0.2) is 4.79 Å². The molecular weight excluding hydrogens is 525 g/mol. The number of nitrogen functional groups attached to an aromatic ring is 1. The van der Waals surface area contributed by atoms with Gasteiger partial charge < -0.3 is 24.6 Å². The smallest absolute Gasteiger partial charge is 0.351 e. The molecule has 1 fully saturated rings. The second kappa shape index (κ2) is 18.5. The minimum Gasteiger partial charge on any atom is -0.383 e. The highest BCUT2D eigenvalue weighted by Crippen LogP contribution is 2.49. The number of nitrogens with zero attached hydrogens (tertiary/aromatic N) is 2. The SMILES string of the molecule is CCCCCCCCCCCCCCCCOC1C(OP(O)(=S)OC)C(CC)OC1n1ccc(N)nc1=O. The van der Waals surface area contributed by atoms with E-state index in [0.717, 1.165) is 12.8 Å². The quantitative estimate of drug-likeness (QED) is 0.130. The third kappa shape index (κ3) is 11.7. The third-order valence-electron chi connectivity index (χ3n) is 7.11. The number of unbranched alkanes of at least 4 members (excludes halogenated alkanes) is 13. The summed E-state index contributed by atoms with van der Waals surface area (Å²) in [6.45, 7) is 1.21. The lowest BCUT2D eigenvalue weighted by atomic mass is 10.0. The van der Waals surface area contributed by atoms with E-state index >= 15 is 0 Å². The van der Waals surface area contributed by atoms with E-state index in [2.05, 4.69) is 11.9 Å². The predicted molar refractivity (Wildman–Crippen MR) is 156 cm³/mol. The normalized spacial score (nSPS) is 23.1. The molecule has 0 amide bonds. The predicted octanol–water partition coefficient (Wildman–Crippen LogP) is 6.25. The first kappa shape index (κ1) is 33.3. The van der Waals surface area contributed by atoms with Crippen molar-refractivity contribution in [1.29, 1.82) is 0 Å². The zero-order valence-corrected chi connectivity index (χ0v) is 25.3. The Kier molecular flexibility index (Phi) is 16.2. The van der Waals surface area contributed by atoms with E-state index in [-0.39, 0.29) is 5.82 Å². The van der Waals surface area contributed by atoms with Gasteiger partial charge in [-0.1, -0.05) is 97.3 Å². The Morgan fingerprint density at radius 3 is 2.05 bits per heavy atom. The Balaban J connectivity index is 1.78. The molecule has 1 aliphatic heterocycles. The number of anilines is 1. The van der Waals surface area contributed by atoms with Gasteiger partial charge >= 0.3 is 12.4 Å². The molecule has 1 saturated heterocycles. The van der Waals surface area contributed by atoms with Crippen LogP contribution in [0.4, 0.5) is 5.82 Å². The molecule has 0 aliphatic carbocycles. The topological polar surface area (TPSA) is 118 Å². The number of ether oxygens (including phenoxy) is 2. The van der Waals surface area contributed by atoms with Crippen LogP contribution in [0.2, 0.25) is 0 Å². The van der Waals surface area contributed by atoms with Gasteiger partial charge in [0.25, 0.3) is 0 Å². The number of hydrogen-bond donors (Lipinski definition) is 2. The van der Waals surface area contributed by atoms with Crippen molar-refractivity contribution in [1.82, 2.24) is 9.55 Å². The molecule has 0 radical (unpaired) electrons. The van der Waals surface area contributed by atoms with Crippen LogP contribution >= 0.6 is 6.72 Å². The van der Waals surface area contributed by atoms with Crippen molar-refractivity contribution in [2.45, 2.75) is 135 Å². The first-order valence-corrected chi connectivity index (χ1v) is 17.1. The first-order chi connectivity index (χ1) is 18.3. The molecular formula is C27H50N3O6PS. The lowest BCUT2D eigenvalue weighted by Gasteiger charge is -2.27. The average molecular weight is 576 g/mol. The Morgan fingerprint density at radius 1 is 1.00 bits per heavy atom. The number of nitrogens with two attached hydrogens (primary N) is 1. The summed E-state index contributed by atoms with van der Waals surface area (Å²) in [4.78, 5) is 26.7. The van der Waals surface area contributed by atoms with Crippen molar-refractivity contribution >= 4 is 24.3 Å². The molecule has 1 aromatic rings. The van der Waals surface area contributed by atoms with E-state index in [1.54, 1.807) is 6.20 Å². The van der Waals surface area contributed by atoms with Crippen LogP contribution in [0, 0.1) is 0 Å². The standard InChI is InChI=1S/C27H50N3O6PS/c1-4-6-7-8-9-10-11-12-13-14-15-16-17-18-21-34-25-24(36-37(32,38)33-3)22(5-2)35-26(25)30-20-19-23(28)29-27(30)31/h19-20,22,24-26H,4-18,21H2,1-3H3,(H,32,38)(H2,28,29,31). The van der Waals surface area contributed by atoms with Crippen LogP contribution in [0.15, 0.2) is 17.1 Å². The third-order valence-corrected chi connectivity index (χ3v) is 8.78. The van der Waals surface area contributed by atoms with Gasteiger partial charge in [0.1, 0.15) is 18.0 Å². The molecule has 3 N–H and O–H groups in total. The minimum atomic E-state index is -3.47. The zero-order chi connectivity index (χ0) is 27.8. The van der Waals surface area contributed by atoms with E-state index < -0.39 is 36.9 Å². The molecule has 2 rings (SSSR count). The molecule has 0 saturated carbocycles. The van der Waals surface area contributed by atoms with E-state index in [1.165, 1.54) is 94.8 Å². The molecule has 5 atom stereocenters. The summed E-state index contributed by atoms with van der Waals surface area (Å²) in [6, 6.07) is 1.54. The molecule has 9 nitrogen and oxygen atoms in total. The van der Waals surface area contributed by atoms with E-state index in [9.17, 15) is 9.69 Å². The van der Waals surface area contributed by atoms with Gasteiger partial charge in [0.15, 0.2) is 6.23 Å². The van der Waals surface area contributed by atoms with Gasteiger partial charge in [-0.2, -0.15) is 4.98 Å². The highest BCUT2D eigenvalue weighted by molar-refractivity contribution is 8.07. The van der Waals surface area contributed by atoms with E-state index in [4.69, 9.17) is 36.1 Å². The van der Waals surface area contributed by atoms with Gasteiger partial charge in [0.05, 0.1) is 6.10 Å². The molecule has 2 heterocycles. The van der Waals surface area contributed by atoms with Crippen LogP contribution in [0.5, 0.6) is 0 Å². The van der Waals surface area contributed by atoms with Crippen LogP contribution in [-0.2, 0) is 30.3 Å². The fourth-order valence-corrected chi connectivity index (χ4v) is 5.85. The maximum absolute atomic E-state index is 12.5. The summed E-state index contributed by atoms with van der Waals surface area (Å²) in [5.74, 6) is 0.134. The molecule has 38 heavy (non-hydrogen) atoms. The number of rotatable bonds is 21. The molecule has 1 aliphatic rings. The second-order valence-electron chi connectivity index (χ2n) is 10.2. The van der Waals surface area contributed by atoms with Crippen molar-refractivity contribution in [3.63, 3.8) is 0 Å². The summed E-state index contributed by atoms with van der Waals surface area (Å²) >= 11 is 5.10. The van der Waals surface area contributed by atoms with Crippen molar-refractivity contribution in [2.24, 2.45) is 0 Å². The fourth-order valence-electron chi connectivity index (χ4n) is 4.90. The van der Waals surface area contributed by atoms with Crippen molar-refractivity contribution in [2.75, 3.05) is 19.5 Å². The molecule has 11 heteroatoms. The molecule has 0 spiro atoms. The molecule has 1 aromatic heterocycles. The van der Waals surface area contributed by atoms with Crippen LogP contribution in [0.3, 0.4) is 0 Å². The zero-order valence-electron chi connectivity index (χ0n) is 23.6. The Labute approximate surface area is 234 Å². The van der Waals surface area contributed by atoms with Crippen molar-refractivity contribution in [3.8, 4) is 0 Å². The molecule has 0 bridgehead atoms. The summed E-state index contributed by atoms with van der Waals surface area (Å²) < 4.78 is 24.5. The maximum Gasteiger partial charge on any atom is 0.351 e. The molecule has 0 aromatic carbocycles. The summed E-state index contributed by atoms with van der Waals surface area (Å²) in [7, 11) is 1.31. The van der Waals surface area contributed by atoms with Crippen molar-refractivity contribution < 1.29 is 23.4 Å². The number of aromatic nitrogens is 2. The summed E-state index contributed by atoms with van der Waals surface area (Å²) in [5.41, 5.74) is 5.13. The lowest BCUT2D eigenvalue weighted by molar-refractivity contribution is -0.0704. The first-order valence-electron chi connectivity index (χ1n) is 14.5. The Morgan fingerprint density at radius 2 is 1.55 bits per heavy atom. The average Bonchev–Trinajstić information content (AvgIpc) is 3.22. The Hall–Kier alpha value is -0.870. The monoisotopic (exact) mass is 575 g/mol. The van der Waals surface area contributed by atoms with Gasteiger partial charge in [0, 0.05) is 19.9 Å². The second-order valence-corrected chi connectivity index (χ2v) is 13.1. The molecule has 220 valence electrons. The Bertz CT molecular complexity index is 889. The minimum absolute atomic E-state index is 0.134. The number of hydrogen-bond acceptors (Lipinski definition) is 8. The van der Waals surface area contributed by atoms with E-state index in [1.807, 2.05) is 6.92 Å². The van der Waals surface area contributed by atoms with Crippen LogP contribution < -0.4 is 11.4 Å². The fraction of sp³-hybridized carbons (Fsp3) is 0.852. The van der Waals surface area contributed by atoms with Gasteiger partial charge in [-0.05, 0) is 30.7 Å². The van der Waals surface area contributed by atoms with Crippen LogP contribution in [0.25, 0.3) is 0 Å². The van der Waals surface area contributed by atoms with Crippen LogP contribution in [0.1, 0.15) is 116 Å². The lowest BCUT2D eigenvalue weighted by Crippen LogP contribution is -2.39. The highest BCUT2D eigenvalue weighted by atomic mass is 32.5. The van der Waals surface area contributed by atoms with Gasteiger partial charge in [-0.15, -0.1) is 0 Å². The highest BCUT2D eigenvalue weighted by Gasteiger charge is 2.48. The van der Waals surface area contributed by atoms with Crippen molar-refractivity contribution in [3.05, 3.63) is 22.7 Å². The van der Waals surface area contributed by atoms with Gasteiger partial charge in [0.2, 0.25) is 0 Å². The van der Waals surface area contributed by atoms with Gasteiger partial charge in [-0.3, -0.25) is 9.09 Å². The molecule has 5 unspecified atom stereocenters. The summed E-state index contributed by atoms with van der Waals surface area (Å²) in [5, 5.41) is 0. The van der Waals surface area contributed by atoms with E-state index in [0.29, 0.717) is 13.0 Å².